The Balaban J connectivity index is 1.47. The molecule has 1 atom stereocenters. The van der Waals surface area contributed by atoms with E-state index in [1.165, 1.54) is 0 Å². The summed E-state index contributed by atoms with van der Waals surface area (Å²) in [5.41, 5.74) is 0.962. The van der Waals surface area contributed by atoms with Crippen LogP contribution in [0.3, 0.4) is 0 Å². The van der Waals surface area contributed by atoms with Crippen LogP contribution in [0.2, 0.25) is 0 Å². The molecular formula is C21H30N2O3. The molecule has 0 aliphatic carbocycles. The second-order valence-electron chi connectivity index (χ2n) is 7.62. The van der Waals surface area contributed by atoms with E-state index >= 15 is 0 Å². The van der Waals surface area contributed by atoms with Crippen LogP contribution in [-0.2, 0) is 14.3 Å². The summed E-state index contributed by atoms with van der Waals surface area (Å²) in [6.45, 7) is 2.26. The second kappa shape index (κ2) is 8.67. The number of likely N-dealkylation sites (tertiary alicyclic amines) is 1. The molecule has 2 heterocycles. The van der Waals surface area contributed by atoms with E-state index in [-0.39, 0.29) is 23.3 Å². The third-order valence-electron chi connectivity index (χ3n) is 5.81. The number of hydrogen-bond donors (Lipinski definition) is 1. The SMILES string of the molecule is COCCCCCC(=O)N1CCC2(CC1)CC(c1ccccc1)C(=O)N2. The summed E-state index contributed by atoms with van der Waals surface area (Å²) in [7, 11) is 1.71. The molecule has 3 rings (SSSR count). The first kappa shape index (κ1) is 18.9. The third-order valence-corrected chi connectivity index (χ3v) is 5.81. The number of carbonyl (C=O) groups excluding carboxylic acids is 2. The molecular weight excluding hydrogens is 328 g/mol. The van der Waals surface area contributed by atoms with E-state index in [2.05, 4.69) is 5.32 Å². The van der Waals surface area contributed by atoms with Crippen LogP contribution in [-0.4, -0.2) is 49.1 Å². The molecule has 26 heavy (non-hydrogen) atoms. The quantitative estimate of drug-likeness (QED) is 0.763. The summed E-state index contributed by atoms with van der Waals surface area (Å²) < 4.78 is 5.04. The summed E-state index contributed by atoms with van der Waals surface area (Å²) in [6, 6.07) is 10.0. The van der Waals surface area contributed by atoms with Gasteiger partial charge in [0.15, 0.2) is 0 Å². The van der Waals surface area contributed by atoms with Gasteiger partial charge in [-0.3, -0.25) is 9.59 Å². The summed E-state index contributed by atoms with van der Waals surface area (Å²) in [4.78, 5) is 26.9. The van der Waals surface area contributed by atoms with Gasteiger partial charge in [-0.15, -0.1) is 0 Å². The lowest BCUT2D eigenvalue weighted by Gasteiger charge is -2.39. The molecule has 2 saturated heterocycles. The van der Waals surface area contributed by atoms with Gasteiger partial charge in [0.1, 0.15) is 0 Å². The number of amides is 2. The van der Waals surface area contributed by atoms with Gasteiger partial charge < -0.3 is 15.0 Å². The van der Waals surface area contributed by atoms with E-state index in [9.17, 15) is 9.59 Å². The number of piperidine rings is 1. The van der Waals surface area contributed by atoms with Crippen LogP contribution in [0.15, 0.2) is 30.3 Å². The predicted octanol–water partition coefficient (Wildman–Crippen LogP) is 2.86. The van der Waals surface area contributed by atoms with Crippen molar-refractivity contribution < 1.29 is 14.3 Å². The van der Waals surface area contributed by atoms with Gasteiger partial charge in [0.05, 0.1) is 5.92 Å². The van der Waals surface area contributed by atoms with Crippen LogP contribution in [0, 0.1) is 0 Å². The summed E-state index contributed by atoms with van der Waals surface area (Å²) >= 11 is 0. The first-order valence-corrected chi connectivity index (χ1v) is 9.77. The van der Waals surface area contributed by atoms with Gasteiger partial charge in [-0.05, 0) is 37.7 Å². The van der Waals surface area contributed by atoms with Crippen molar-refractivity contribution in [1.82, 2.24) is 10.2 Å². The number of hydrogen-bond acceptors (Lipinski definition) is 3. The molecule has 1 N–H and O–H groups in total. The number of benzene rings is 1. The highest BCUT2D eigenvalue weighted by Gasteiger charge is 2.46. The summed E-state index contributed by atoms with van der Waals surface area (Å²) in [6.07, 6.45) is 6.15. The molecule has 2 amide bonds. The number of ether oxygens (including phenoxy) is 1. The van der Waals surface area contributed by atoms with Gasteiger partial charge in [-0.25, -0.2) is 0 Å². The molecule has 2 aliphatic heterocycles. The lowest BCUT2D eigenvalue weighted by molar-refractivity contribution is -0.133. The Hall–Kier alpha value is -1.88. The molecule has 1 unspecified atom stereocenters. The molecule has 1 aromatic rings. The van der Waals surface area contributed by atoms with Crippen LogP contribution < -0.4 is 5.32 Å². The predicted molar refractivity (Wildman–Crippen MR) is 101 cm³/mol. The van der Waals surface area contributed by atoms with Gasteiger partial charge in [0.25, 0.3) is 0 Å². The zero-order valence-corrected chi connectivity index (χ0v) is 15.7. The molecule has 2 aliphatic rings. The maximum Gasteiger partial charge on any atom is 0.228 e. The summed E-state index contributed by atoms with van der Waals surface area (Å²) in [5, 5.41) is 3.25. The normalized spacial score (nSPS) is 21.8. The van der Waals surface area contributed by atoms with E-state index in [0.717, 1.165) is 63.8 Å². The Morgan fingerprint density at radius 1 is 1.19 bits per heavy atom. The van der Waals surface area contributed by atoms with Crippen LogP contribution >= 0.6 is 0 Å². The van der Waals surface area contributed by atoms with Gasteiger partial charge in [-0.1, -0.05) is 36.8 Å². The first-order chi connectivity index (χ1) is 12.6. The maximum absolute atomic E-state index is 12.5. The number of unbranched alkanes of at least 4 members (excludes halogenated alkanes) is 2. The number of nitrogens with one attached hydrogen (secondary N) is 1. The van der Waals surface area contributed by atoms with Gasteiger partial charge >= 0.3 is 0 Å². The van der Waals surface area contributed by atoms with Crippen molar-refractivity contribution in [2.24, 2.45) is 0 Å². The highest BCUT2D eigenvalue weighted by Crippen LogP contribution is 2.39. The van der Waals surface area contributed by atoms with Crippen molar-refractivity contribution >= 4 is 11.8 Å². The van der Waals surface area contributed by atoms with Crippen molar-refractivity contribution in [2.45, 2.75) is 56.4 Å². The minimum atomic E-state index is -0.132. The molecule has 5 nitrogen and oxygen atoms in total. The van der Waals surface area contributed by atoms with Gasteiger partial charge in [0, 0.05) is 38.8 Å². The molecule has 0 radical (unpaired) electrons. The molecule has 142 valence electrons. The van der Waals surface area contributed by atoms with Crippen LogP contribution in [0.1, 0.15) is 56.4 Å². The molecule has 1 spiro atoms. The fourth-order valence-electron chi connectivity index (χ4n) is 4.21. The van der Waals surface area contributed by atoms with Crippen LogP contribution in [0.5, 0.6) is 0 Å². The Labute approximate surface area is 156 Å². The Kier molecular flexibility index (Phi) is 6.30. The lowest BCUT2D eigenvalue weighted by atomic mass is 9.82. The van der Waals surface area contributed by atoms with Crippen molar-refractivity contribution in [3.05, 3.63) is 35.9 Å². The Morgan fingerprint density at radius 3 is 2.62 bits per heavy atom. The van der Waals surface area contributed by atoms with Crippen molar-refractivity contribution in [3.63, 3.8) is 0 Å². The van der Waals surface area contributed by atoms with E-state index in [0.29, 0.717) is 6.42 Å². The zero-order valence-electron chi connectivity index (χ0n) is 15.7. The number of nitrogens with zero attached hydrogens (tertiary/aromatic N) is 1. The smallest absolute Gasteiger partial charge is 0.228 e. The second-order valence-corrected chi connectivity index (χ2v) is 7.62. The molecule has 5 heteroatoms. The Bertz CT molecular complexity index is 609. The minimum absolute atomic E-state index is 0.0563. The standard InChI is InChI=1S/C21H30N2O3/c1-26-15-7-3-6-10-19(24)23-13-11-21(12-14-23)16-18(20(25)22-21)17-8-4-2-5-9-17/h2,4-5,8-9,18H,3,6-7,10-16H2,1H3,(H,22,25). The average Bonchev–Trinajstić information content (AvgIpc) is 2.98. The summed E-state index contributed by atoms with van der Waals surface area (Å²) in [5.74, 6) is 0.328. The fraction of sp³-hybridized carbons (Fsp3) is 0.619. The van der Waals surface area contributed by atoms with Crippen molar-refractivity contribution in [1.29, 1.82) is 0 Å². The van der Waals surface area contributed by atoms with Crippen LogP contribution in [0.4, 0.5) is 0 Å². The van der Waals surface area contributed by atoms with E-state index in [1.54, 1.807) is 7.11 Å². The van der Waals surface area contributed by atoms with Gasteiger partial charge in [-0.2, -0.15) is 0 Å². The molecule has 0 bridgehead atoms. The van der Waals surface area contributed by atoms with Crippen molar-refractivity contribution in [2.75, 3.05) is 26.8 Å². The fourth-order valence-corrected chi connectivity index (χ4v) is 4.21. The van der Waals surface area contributed by atoms with Crippen LogP contribution in [0.25, 0.3) is 0 Å². The highest BCUT2D eigenvalue weighted by atomic mass is 16.5. The van der Waals surface area contributed by atoms with Crippen molar-refractivity contribution in [3.8, 4) is 0 Å². The zero-order chi connectivity index (χ0) is 18.4. The van der Waals surface area contributed by atoms with E-state index in [4.69, 9.17) is 4.74 Å². The lowest BCUT2D eigenvalue weighted by Crippen LogP contribution is -2.52. The number of methoxy groups -OCH3 is 1. The first-order valence-electron chi connectivity index (χ1n) is 9.77. The Morgan fingerprint density at radius 2 is 1.92 bits per heavy atom. The maximum atomic E-state index is 12.5. The molecule has 0 aromatic heterocycles. The molecule has 1 aromatic carbocycles. The number of rotatable bonds is 7. The topological polar surface area (TPSA) is 58.6 Å². The van der Waals surface area contributed by atoms with E-state index < -0.39 is 0 Å². The molecule has 0 saturated carbocycles. The highest BCUT2D eigenvalue weighted by molar-refractivity contribution is 5.87. The average molecular weight is 358 g/mol. The third kappa shape index (κ3) is 4.44. The number of carbonyl (C=O) groups is 2. The van der Waals surface area contributed by atoms with Gasteiger partial charge in [0.2, 0.25) is 11.8 Å². The van der Waals surface area contributed by atoms with E-state index in [1.807, 2.05) is 35.2 Å². The minimum Gasteiger partial charge on any atom is -0.385 e. The largest absolute Gasteiger partial charge is 0.385 e. The monoisotopic (exact) mass is 358 g/mol. The molecule has 2 fully saturated rings.